The summed E-state index contributed by atoms with van der Waals surface area (Å²) in [5.41, 5.74) is 1.25. The maximum absolute atomic E-state index is 13.1. The van der Waals surface area contributed by atoms with Crippen molar-refractivity contribution >= 4 is 11.5 Å². The van der Waals surface area contributed by atoms with E-state index in [1.165, 1.54) is 13.2 Å². The van der Waals surface area contributed by atoms with Gasteiger partial charge in [0.2, 0.25) is 5.95 Å². The van der Waals surface area contributed by atoms with Crippen molar-refractivity contribution in [1.29, 1.82) is 0 Å². The van der Waals surface area contributed by atoms with Crippen molar-refractivity contribution in [2.24, 2.45) is 5.92 Å². The SMILES string of the molecule is COc1ccc(-c2nnc(NC3CC(CO)C3)n3cncc23)c(CC(F)(F)F)c1. The Morgan fingerprint density at radius 3 is 2.76 bits per heavy atom. The summed E-state index contributed by atoms with van der Waals surface area (Å²) >= 11 is 0. The van der Waals surface area contributed by atoms with Crippen molar-refractivity contribution < 1.29 is 23.0 Å². The van der Waals surface area contributed by atoms with Gasteiger partial charge in [-0.2, -0.15) is 13.2 Å². The number of imidazole rings is 1. The van der Waals surface area contributed by atoms with Crippen molar-refractivity contribution in [1.82, 2.24) is 19.6 Å². The third-order valence-electron chi connectivity index (χ3n) is 5.14. The van der Waals surface area contributed by atoms with Gasteiger partial charge in [0.25, 0.3) is 0 Å². The summed E-state index contributed by atoms with van der Waals surface area (Å²) in [5.74, 6) is 1.09. The summed E-state index contributed by atoms with van der Waals surface area (Å²) in [6.45, 7) is 0.155. The highest BCUT2D eigenvalue weighted by atomic mass is 19.4. The molecular weight excluding hydrogens is 387 g/mol. The van der Waals surface area contributed by atoms with Crippen LogP contribution < -0.4 is 10.1 Å². The molecule has 1 saturated carbocycles. The Morgan fingerprint density at radius 2 is 2.07 bits per heavy atom. The zero-order chi connectivity index (χ0) is 20.6. The molecule has 10 heteroatoms. The number of nitrogens with zero attached hydrogens (tertiary/aromatic N) is 4. The average Bonchev–Trinajstić information content (AvgIpc) is 3.13. The molecule has 7 nitrogen and oxygen atoms in total. The maximum Gasteiger partial charge on any atom is 0.393 e. The number of hydrogen-bond donors (Lipinski definition) is 2. The lowest BCUT2D eigenvalue weighted by atomic mass is 9.81. The minimum atomic E-state index is -4.37. The number of aliphatic hydroxyl groups is 1. The number of rotatable bonds is 6. The summed E-state index contributed by atoms with van der Waals surface area (Å²) in [4.78, 5) is 4.12. The fourth-order valence-electron chi connectivity index (χ4n) is 3.60. The van der Waals surface area contributed by atoms with E-state index in [1.807, 2.05) is 0 Å². The van der Waals surface area contributed by atoms with E-state index >= 15 is 0 Å². The van der Waals surface area contributed by atoms with Gasteiger partial charge in [-0.05, 0) is 42.5 Å². The summed E-state index contributed by atoms with van der Waals surface area (Å²) in [7, 11) is 1.41. The number of anilines is 1. The number of fused-ring (bicyclic) bond motifs is 1. The van der Waals surface area contributed by atoms with Crippen LogP contribution in [0.5, 0.6) is 5.75 Å². The van der Waals surface area contributed by atoms with Crippen molar-refractivity contribution in [2.75, 3.05) is 19.0 Å². The number of aromatic nitrogens is 4. The second-order valence-corrected chi connectivity index (χ2v) is 7.20. The largest absolute Gasteiger partial charge is 0.497 e. The van der Waals surface area contributed by atoms with E-state index < -0.39 is 12.6 Å². The van der Waals surface area contributed by atoms with Crippen LogP contribution in [-0.4, -0.2) is 50.6 Å². The minimum absolute atomic E-state index is 0.0553. The molecule has 1 aliphatic rings. The third kappa shape index (κ3) is 3.98. The number of aliphatic hydroxyl groups excluding tert-OH is 1. The lowest BCUT2D eigenvalue weighted by Gasteiger charge is -2.34. The van der Waals surface area contributed by atoms with E-state index in [9.17, 15) is 13.2 Å². The fraction of sp³-hybridized carbons (Fsp3) is 0.421. The predicted molar refractivity (Wildman–Crippen MR) is 99.7 cm³/mol. The van der Waals surface area contributed by atoms with Crippen molar-refractivity contribution in [3.63, 3.8) is 0 Å². The summed E-state index contributed by atoms with van der Waals surface area (Å²) in [5, 5.41) is 20.8. The maximum atomic E-state index is 13.1. The Balaban J connectivity index is 1.72. The number of benzene rings is 1. The first-order valence-electron chi connectivity index (χ1n) is 9.18. The molecule has 1 aliphatic carbocycles. The molecule has 154 valence electrons. The standard InChI is InChI=1S/C19H20F3N5O2/c1-29-14-2-3-15(12(6-14)7-19(20,21)22)17-16-8-23-10-27(16)18(26-25-17)24-13-4-11(5-13)9-28/h2-3,6,8,10-11,13,28H,4-5,7,9H2,1H3,(H,24,26). The molecule has 1 fully saturated rings. The van der Waals surface area contributed by atoms with Gasteiger partial charge in [0, 0.05) is 18.2 Å². The van der Waals surface area contributed by atoms with Gasteiger partial charge in [0.1, 0.15) is 17.8 Å². The Hall–Kier alpha value is -2.88. The average molecular weight is 407 g/mol. The molecular formula is C19H20F3N5O2. The number of hydrogen-bond acceptors (Lipinski definition) is 6. The van der Waals surface area contributed by atoms with Gasteiger partial charge in [0.15, 0.2) is 0 Å². The Bertz CT molecular complexity index is 1010. The number of halogens is 3. The fourth-order valence-corrected chi connectivity index (χ4v) is 3.60. The first-order valence-corrected chi connectivity index (χ1v) is 9.18. The Labute approximate surface area is 164 Å². The van der Waals surface area contributed by atoms with E-state index in [0.717, 1.165) is 12.8 Å². The van der Waals surface area contributed by atoms with Crippen LogP contribution in [0.25, 0.3) is 16.8 Å². The van der Waals surface area contributed by atoms with Gasteiger partial charge in [-0.15, -0.1) is 10.2 Å². The number of methoxy groups -OCH3 is 1. The number of nitrogens with one attached hydrogen (secondary N) is 1. The third-order valence-corrected chi connectivity index (χ3v) is 5.14. The zero-order valence-electron chi connectivity index (χ0n) is 15.6. The molecule has 1 aromatic carbocycles. The Kier molecular flexibility index (Phi) is 5.03. The highest BCUT2D eigenvalue weighted by molar-refractivity contribution is 5.79. The van der Waals surface area contributed by atoms with Crippen LogP contribution in [0.4, 0.5) is 19.1 Å². The highest BCUT2D eigenvalue weighted by Gasteiger charge is 2.31. The van der Waals surface area contributed by atoms with Crippen LogP contribution in [0, 0.1) is 5.92 Å². The molecule has 0 amide bonds. The molecule has 3 aromatic rings. The van der Waals surface area contributed by atoms with Gasteiger partial charge >= 0.3 is 6.18 Å². The summed E-state index contributed by atoms with van der Waals surface area (Å²) in [6, 6.07) is 4.69. The molecule has 2 N–H and O–H groups in total. The van der Waals surface area contributed by atoms with E-state index in [0.29, 0.717) is 28.5 Å². The molecule has 0 radical (unpaired) electrons. The second-order valence-electron chi connectivity index (χ2n) is 7.20. The highest BCUT2D eigenvalue weighted by Crippen LogP contribution is 2.34. The van der Waals surface area contributed by atoms with E-state index in [2.05, 4.69) is 20.5 Å². The quantitative estimate of drug-likeness (QED) is 0.653. The minimum Gasteiger partial charge on any atom is -0.497 e. The van der Waals surface area contributed by atoms with Gasteiger partial charge in [0.05, 0.1) is 25.2 Å². The molecule has 0 spiro atoms. The lowest BCUT2D eigenvalue weighted by molar-refractivity contribution is -0.127. The van der Waals surface area contributed by atoms with Crippen LogP contribution in [0.3, 0.4) is 0 Å². The second kappa shape index (κ2) is 7.51. The van der Waals surface area contributed by atoms with Crippen molar-refractivity contribution in [3.05, 3.63) is 36.3 Å². The first-order chi connectivity index (χ1) is 13.9. The predicted octanol–water partition coefficient (Wildman–Crippen LogP) is 3.09. The summed E-state index contributed by atoms with van der Waals surface area (Å²) in [6.07, 6.45) is -0.736. The van der Waals surface area contributed by atoms with Crippen LogP contribution >= 0.6 is 0 Å². The molecule has 0 bridgehead atoms. The topological polar surface area (TPSA) is 84.6 Å². The van der Waals surface area contributed by atoms with Gasteiger partial charge in [-0.25, -0.2) is 4.98 Å². The first kappa shape index (κ1) is 19.4. The molecule has 2 aromatic heterocycles. The smallest absolute Gasteiger partial charge is 0.393 e. The van der Waals surface area contributed by atoms with Crippen molar-refractivity contribution in [2.45, 2.75) is 31.5 Å². The van der Waals surface area contributed by atoms with Crippen LogP contribution in [0.2, 0.25) is 0 Å². The van der Waals surface area contributed by atoms with Gasteiger partial charge in [-0.3, -0.25) is 4.40 Å². The normalized spacial score (nSPS) is 19.2. The number of ether oxygens (including phenoxy) is 1. The van der Waals surface area contributed by atoms with E-state index in [-0.39, 0.29) is 24.1 Å². The summed E-state index contributed by atoms with van der Waals surface area (Å²) < 4.78 is 46.1. The lowest BCUT2D eigenvalue weighted by Crippen LogP contribution is -2.38. The van der Waals surface area contributed by atoms with Gasteiger partial charge in [-0.1, -0.05) is 0 Å². The van der Waals surface area contributed by atoms with E-state index in [4.69, 9.17) is 9.84 Å². The van der Waals surface area contributed by atoms with Crippen molar-refractivity contribution in [3.8, 4) is 17.0 Å². The molecule has 0 atom stereocenters. The van der Waals surface area contributed by atoms with Gasteiger partial charge < -0.3 is 15.2 Å². The van der Waals surface area contributed by atoms with Crippen LogP contribution in [0.1, 0.15) is 18.4 Å². The zero-order valence-corrected chi connectivity index (χ0v) is 15.6. The molecule has 0 saturated heterocycles. The molecule has 0 unspecified atom stereocenters. The van der Waals surface area contributed by atoms with E-state index in [1.54, 1.807) is 29.1 Å². The molecule has 29 heavy (non-hydrogen) atoms. The molecule has 4 rings (SSSR count). The Morgan fingerprint density at radius 1 is 1.28 bits per heavy atom. The number of alkyl halides is 3. The molecule has 0 aliphatic heterocycles. The monoisotopic (exact) mass is 407 g/mol. The molecule has 2 heterocycles. The van der Waals surface area contributed by atoms with Crippen LogP contribution in [0.15, 0.2) is 30.7 Å². The van der Waals surface area contributed by atoms with Crippen LogP contribution in [-0.2, 0) is 6.42 Å².